The third kappa shape index (κ3) is 2.17. The summed E-state index contributed by atoms with van der Waals surface area (Å²) in [4.78, 5) is 13.1. The summed E-state index contributed by atoms with van der Waals surface area (Å²) in [5.41, 5.74) is 0.472. The first-order valence-electron chi connectivity index (χ1n) is 5.98. The molecule has 0 aromatic carbocycles. The largest absolute Gasteiger partial charge is 0.480 e. The lowest BCUT2D eigenvalue weighted by Crippen LogP contribution is -2.57. The summed E-state index contributed by atoms with van der Waals surface area (Å²) in [6.07, 6.45) is 5.67. The second-order valence-corrected chi connectivity index (χ2v) is 5.78. The predicted molar refractivity (Wildman–Crippen MR) is 58.8 cm³/mol. The van der Waals surface area contributed by atoms with Gasteiger partial charge in [-0.15, -0.1) is 0 Å². The van der Waals surface area contributed by atoms with Gasteiger partial charge in [0.05, 0.1) is 0 Å². The van der Waals surface area contributed by atoms with Crippen molar-refractivity contribution in [2.75, 3.05) is 6.54 Å². The zero-order valence-electron chi connectivity index (χ0n) is 9.70. The van der Waals surface area contributed by atoms with Crippen LogP contribution in [-0.2, 0) is 4.79 Å². The van der Waals surface area contributed by atoms with Crippen LogP contribution in [0.5, 0.6) is 0 Å². The Hall–Kier alpha value is -0.570. The molecule has 2 aliphatic rings. The molecule has 1 aliphatic heterocycles. The maximum absolute atomic E-state index is 10.9. The number of hydrogen-bond acceptors (Lipinski definition) is 2. The molecule has 0 aromatic heterocycles. The molecule has 2 fully saturated rings. The van der Waals surface area contributed by atoms with Gasteiger partial charge in [0.15, 0.2) is 0 Å². The quantitative estimate of drug-likeness (QED) is 0.760. The molecule has 0 spiro atoms. The van der Waals surface area contributed by atoms with Crippen LogP contribution in [0, 0.1) is 5.41 Å². The van der Waals surface area contributed by atoms with Crippen molar-refractivity contribution in [2.45, 2.75) is 58.0 Å². The Bertz CT molecular complexity index is 252. The van der Waals surface area contributed by atoms with Gasteiger partial charge in [-0.05, 0) is 37.5 Å². The molecule has 0 aromatic rings. The fraction of sp³-hybridized carbons (Fsp3) is 0.917. The molecule has 1 atom stereocenters. The number of nitrogens with zero attached hydrogens (tertiary/aromatic N) is 1. The molecule has 1 saturated heterocycles. The van der Waals surface area contributed by atoms with Gasteiger partial charge >= 0.3 is 5.97 Å². The molecular formula is C12H21NO2. The molecule has 1 N–H and O–H groups in total. The van der Waals surface area contributed by atoms with E-state index in [1.807, 2.05) is 0 Å². The second kappa shape index (κ2) is 3.78. The van der Waals surface area contributed by atoms with Gasteiger partial charge in [-0.25, -0.2) is 0 Å². The summed E-state index contributed by atoms with van der Waals surface area (Å²) in [5.74, 6) is -0.633. The number of aliphatic carboxylic acids is 1. The zero-order chi connectivity index (χ0) is 11.1. The van der Waals surface area contributed by atoms with Crippen LogP contribution in [0.1, 0.15) is 46.0 Å². The Morgan fingerprint density at radius 2 is 1.87 bits per heavy atom. The number of carboxylic acids is 1. The summed E-state index contributed by atoms with van der Waals surface area (Å²) < 4.78 is 0. The molecule has 0 radical (unpaired) electrons. The number of rotatable bonds is 2. The molecule has 86 valence electrons. The first kappa shape index (κ1) is 10.9. The monoisotopic (exact) mass is 211 g/mol. The molecule has 1 saturated carbocycles. The fourth-order valence-electron chi connectivity index (χ4n) is 2.83. The van der Waals surface area contributed by atoms with Crippen LogP contribution in [0.15, 0.2) is 0 Å². The summed E-state index contributed by atoms with van der Waals surface area (Å²) in [7, 11) is 0. The number of likely N-dealkylation sites (tertiary alicyclic amines) is 1. The zero-order valence-corrected chi connectivity index (χ0v) is 9.70. The number of hydrogen-bond donors (Lipinski definition) is 1. The standard InChI is InChI=1S/C12H21NO2/c1-12(2)6-3-9(4-7-12)13-8-5-10(13)11(14)15/h9-10H,3-8H2,1-2H3,(H,14,15)/t10-/m0/s1. The number of carboxylic acid groups (broad SMARTS) is 1. The highest BCUT2D eigenvalue weighted by Gasteiger charge is 2.40. The van der Waals surface area contributed by atoms with Crippen molar-refractivity contribution in [3.63, 3.8) is 0 Å². The van der Waals surface area contributed by atoms with Gasteiger partial charge < -0.3 is 5.11 Å². The van der Waals surface area contributed by atoms with Crippen LogP contribution in [0.25, 0.3) is 0 Å². The van der Waals surface area contributed by atoms with Crippen LogP contribution in [-0.4, -0.2) is 34.6 Å². The van der Waals surface area contributed by atoms with E-state index in [0.29, 0.717) is 11.5 Å². The third-order valence-corrected chi connectivity index (χ3v) is 4.12. The van der Waals surface area contributed by atoms with E-state index < -0.39 is 5.97 Å². The Morgan fingerprint density at radius 1 is 1.27 bits per heavy atom. The molecule has 3 nitrogen and oxygen atoms in total. The minimum atomic E-state index is -0.633. The maximum atomic E-state index is 10.9. The van der Waals surface area contributed by atoms with E-state index in [9.17, 15) is 4.79 Å². The molecule has 0 bridgehead atoms. The molecule has 1 aliphatic carbocycles. The summed E-state index contributed by atoms with van der Waals surface area (Å²) in [5, 5.41) is 9.00. The molecule has 15 heavy (non-hydrogen) atoms. The minimum absolute atomic E-state index is 0.184. The van der Waals surface area contributed by atoms with E-state index in [4.69, 9.17) is 5.11 Å². The van der Waals surface area contributed by atoms with E-state index in [1.54, 1.807) is 0 Å². The average molecular weight is 211 g/mol. The Balaban J connectivity index is 1.89. The van der Waals surface area contributed by atoms with E-state index in [-0.39, 0.29) is 6.04 Å². The summed E-state index contributed by atoms with van der Waals surface area (Å²) in [6.45, 7) is 5.62. The van der Waals surface area contributed by atoms with Gasteiger partial charge in [-0.1, -0.05) is 13.8 Å². The van der Waals surface area contributed by atoms with Gasteiger partial charge in [0.25, 0.3) is 0 Å². The Labute approximate surface area is 91.5 Å². The Morgan fingerprint density at radius 3 is 2.27 bits per heavy atom. The highest BCUT2D eigenvalue weighted by molar-refractivity contribution is 5.74. The van der Waals surface area contributed by atoms with Crippen LogP contribution >= 0.6 is 0 Å². The predicted octanol–water partition coefficient (Wildman–Crippen LogP) is 2.11. The molecule has 2 rings (SSSR count). The smallest absolute Gasteiger partial charge is 0.320 e. The second-order valence-electron chi connectivity index (χ2n) is 5.78. The van der Waals surface area contributed by atoms with E-state index in [0.717, 1.165) is 13.0 Å². The van der Waals surface area contributed by atoms with Crippen molar-refractivity contribution >= 4 is 5.97 Å². The van der Waals surface area contributed by atoms with Gasteiger partial charge in [0.2, 0.25) is 0 Å². The molecular weight excluding hydrogens is 190 g/mol. The van der Waals surface area contributed by atoms with Crippen LogP contribution in [0.4, 0.5) is 0 Å². The minimum Gasteiger partial charge on any atom is -0.480 e. The van der Waals surface area contributed by atoms with Gasteiger partial charge in [-0.2, -0.15) is 0 Å². The molecule has 3 heteroatoms. The lowest BCUT2D eigenvalue weighted by molar-refractivity contribution is -0.151. The van der Waals surface area contributed by atoms with Crippen LogP contribution in [0.3, 0.4) is 0 Å². The summed E-state index contributed by atoms with van der Waals surface area (Å²) in [6, 6.07) is 0.351. The van der Waals surface area contributed by atoms with Gasteiger partial charge in [-0.3, -0.25) is 9.69 Å². The van der Waals surface area contributed by atoms with Gasteiger partial charge in [0.1, 0.15) is 6.04 Å². The highest BCUT2D eigenvalue weighted by atomic mass is 16.4. The third-order valence-electron chi connectivity index (χ3n) is 4.12. The van der Waals surface area contributed by atoms with Gasteiger partial charge in [0, 0.05) is 12.6 Å². The normalized spacial score (nSPS) is 32.3. The van der Waals surface area contributed by atoms with E-state index >= 15 is 0 Å². The van der Waals surface area contributed by atoms with E-state index in [1.165, 1.54) is 25.7 Å². The topological polar surface area (TPSA) is 40.5 Å². The van der Waals surface area contributed by atoms with Crippen LogP contribution < -0.4 is 0 Å². The maximum Gasteiger partial charge on any atom is 0.320 e. The molecule has 0 unspecified atom stereocenters. The van der Waals surface area contributed by atoms with Crippen molar-refractivity contribution in [1.82, 2.24) is 4.90 Å². The van der Waals surface area contributed by atoms with Crippen molar-refractivity contribution < 1.29 is 9.90 Å². The van der Waals surface area contributed by atoms with Crippen molar-refractivity contribution in [3.8, 4) is 0 Å². The molecule has 1 heterocycles. The highest BCUT2D eigenvalue weighted by Crippen LogP contribution is 2.39. The Kier molecular flexibility index (Phi) is 2.75. The lowest BCUT2D eigenvalue weighted by Gasteiger charge is -2.47. The summed E-state index contributed by atoms with van der Waals surface area (Å²) >= 11 is 0. The van der Waals surface area contributed by atoms with E-state index in [2.05, 4.69) is 18.7 Å². The average Bonchev–Trinajstić information content (AvgIpc) is 2.05. The van der Waals surface area contributed by atoms with Crippen molar-refractivity contribution in [1.29, 1.82) is 0 Å². The molecule has 0 amide bonds. The van der Waals surface area contributed by atoms with Crippen molar-refractivity contribution in [3.05, 3.63) is 0 Å². The fourth-order valence-corrected chi connectivity index (χ4v) is 2.83. The van der Waals surface area contributed by atoms with Crippen LogP contribution in [0.2, 0.25) is 0 Å². The SMILES string of the molecule is CC1(C)CCC(N2CC[C@H]2C(=O)O)CC1. The van der Waals surface area contributed by atoms with Crippen molar-refractivity contribution in [2.24, 2.45) is 5.41 Å². The first-order chi connectivity index (χ1) is 6.99. The lowest BCUT2D eigenvalue weighted by atomic mass is 9.74. The first-order valence-corrected chi connectivity index (χ1v) is 5.98. The number of carbonyl (C=O) groups is 1.